The Morgan fingerprint density at radius 2 is 1.90 bits per heavy atom. The van der Waals surface area contributed by atoms with Gasteiger partial charge in [-0.15, -0.1) is 11.3 Å². The Kier molecular flexibility index (Phi) is 4.78. The van der Waals surface area contributed by atoms with Gasteiger partial charge in [-0.3, -0.25) is 0 Å². The van der Waals surface area contributed by atoms with Crippen molar-refractivity contribution in [1.82, 2.24) is 10.3 Å². The van der Waals surface area contributed by atoms with Crippen molar-refractivity contribution >= 4 is 17.0 Å². The number of hydrogen-bond acceptors (Lipinski definition) is 4. The fraction of sp³-hybridized carbons (Fsp3) is 0.438. The third-order valence-electron chi connectivity index (χ3n) is 3.52. The largest absolute Gasteiger partial charge is 0.378 e. The molecule has 0 radical (unpaired) electrons. The molecule has 0 amide bonds. The summed E-state index contributed by atoms with van der Waals surface area (Å²) in [6.45, 7) is 4.31. The molecule has 0 fully saturated rings. The molecular weight excluding hydrogens is 266 g/mol. The molecule has 0 saturated heterocycles. The molecule has 1 unspecified atom stereocenters. The van der Waals surface area contributed by atoms with E-state index in [1.807, 2.05) is 7.05 Å². The summed E-state index contributed by atoms with van der Waals surface area (Å²) in [5, 5.41) is 4.53. The first-order valence-electron chi connectivity index (χ1n) is 6.97. The van der Waals surface area contributed by atoms with Crippen LogP contribution in [0.5, 0.6) is 0 Å². The summed E-state index contributed by atoms with van der Waals surface area (Å²) < 4.78 is 0. The van der Waals surface area contributed by atoms with Gasteiger partial charge in [0.2, 0.25) is 0 Å². The molecule has 0 aliphatic heterocycles. The number of rotatable bonds is 5. The molecule has 2 rings (SSSR count). The van der Waals surface area contributed by atoms with Crippen molar-refractivity contribution < 1.29 is 0 Å². The molecule has 0 aliphatic carbocycles. The van der Waals surface area contributed by atoms with Gasteiger partial charge in [-0.2, -0.15) is 0 Å². The van der Waals surface area contributed by atoms with Crippen LogP contribution >= 0.6 is 11.3 Å². The minimum Gasteiger partial charge on any atom is -0.378 e. The van der Waals surface area contributed by atoms with Gasteiger partial charge < -0.3 is 10.2 Å². The lowest BCUT2D eigenvalue weighted by Crippen LogP contribution is -2.18. The zero-order valence-electron chi connectivity index (χ0n) is 12.9. The molecule has 0 saturated carbocycles. The smallest absolute Gasteiger partial charge is 0.115 e. The van der Waals surface area contributed by atoms with Crippen LogP contribution < -0.4 is 10.2 Å². The van der Waals surface area contributed by atoms with Crippen LogP contribution in [0.3, 0.4) is 0 Å². The van der Waals surface area contributed by atoms with E-state index in [4.69, 9.17) is 4.98 Å². The molecule has 1 aromatic carbocycles. The molecule has 108 valence electrons. The SMILES string of the molecule is CCc1nc(C(NC)c2ccc(N(C)C)cc2)sc1C. The summed E-state index contributed by atoms with van der Waals surface area (Å²) in [7, 11) is 6.11. The number of thiazole rings is 1. The van der Waals surface area contributed by atoms with Gasteiger partial charge in [0.1, 0.15) is 5.01 Å². The van der Waals surface area contributed by atoms with Crippen LogP contribution in [0.1, 0.15) is 34.1 Å². The van der Waals surface area contributed by atoms with Crippen molar-refractivity contribution in [2.45, 2.75) is 26.3 Å². The third kappa shape index (κ3) is 3.02. The molecule has 1 aromatic heterocycles. The van der Waals surface area contributed by atoms with Gasteiger partial charge in [0, 0.05) is 24.7 Å². The average Bonchev–Trinajstić information content (AvgIpc) is 2.81. The van der Waals surface area contributed by atoms with E-state index in [1.54, 1.807) is 11.3 Å². The minimum absolute atomic E-state index is 0.176. The lowest BCUT2D eigenvalue weighted by atomic mass is 10.1. The average molecular weight is 289 g/mol. The number of hydrogen-bond donors (Lipinski definition) is 1. The molecular formula is C16H23N3S. The standard InChI is InChI=1S/C16H23N3S/c1-6-14-11(2)20-16(18-14)15(17-3)12-7-9-13(10-8-12)19(4)5/h7-10,15,17H,6H2,1-5H3. The van der Waals surface area contributed by atoms with E-state index in [0.29, 0.717) is 0 Å². The van der Waals surface area contributed by atoms with Crippen LogP contribution in [0.4, 0.5) is 5.69 Å². The summed E-state index contributed by atoms with van der Waals surface area (Å²) in [5.41, 5.74) is 3.69. The van der Waals surface area contributed by atoms with E-state index in [9.17, 15) is 0 Å². The summed E-state index contributed by atoms with van der Waals surface area (Å²) >= 11 is 1.79. The highest BCUT2D eigenvalue weighted by molar-refractivity contribution is 7.11. The zero-order valence-corrected chi connectivity index (χ0v) is 13.7. The molecule has 1 atom stereocenters. The summed E-state index contributed by atoms with van der Waals surface area (Å²) in [5.74, 6) is 0. The fourth-order valence-electron chi connectivity index (χ4n) is 2.30. The van der Waals surface area contributed by atoms with Gasteiger partial charge in [0.25, 0.3) is 0 Å². The number of nitrogens with one attached hydrogen (secondary N) is 1. The first-order chi connectivity index (χ1) is 9.56. The van der Waals surface area contributed by atoms with Crippen molar-refractivity contribution in [1.29, 1.82) is 0 Å². The maximum atomic E-state index is 4.78. The molecule has 1 N–H and O–H groups in total. The first-order valence-corrected chi connectivity index (χ1v) is 7.79. The number of aryl methyl sites for hydroxylation is 2. The van der Waals surface area contributed by atoms with E-state index < -0.39 is 0 Å². The Morgan fingerprint density at radius 3 is 2.35 bits per heavy atom. The summed E-state index contributed by atoms with van der Waals surface area (Å²) in [6.07, 6.45) is 0.998. The molecule has 0 bridgehead atoms. The van der Waals surface area contributed by atoms with Crippen molar-refractivity contribution in [3.8, 4) is 0 Å². The molecule has 4 heteroatoms. The van der Waals surface area contributed by atoms with Crippen molar-refractivity contribution in [3.05, 3.63) is 45.4 Å². The van der Waals surface area contributed by atoms with Crippen molar-refractivity contribution in [3.63, 3.8) is 0 Å². The Bertz CT molecular complexity index is 558. The number of anilines is 1. The molecule has 20 heavy (non-hydrogen) atoms. The van der Waals surface area contributed by atoms with Gasteiger partial charge in [0.15, 0.2) is 0 Å². The predicted molar refractivity (Wildman–Crippen MR) is 87.9 cm³/mol. The minimum atomic E-state index is 0.176. The van der Waals surface area contributed by atoms with Crippen molar-refractivity contribution in [2.24, 2.45) is 0 Å². The van der Waals surface area contributed by atoms with Gasteiger partial charge in [-0.05, 0) is 38.1 Å². The van der Waals surface area contributed by atoms with E-state index in [-0.39, 0.29) is 6.04 Å². The Labute approximate surface area is 125 Å². The lowest BCUT2D eigenvalue weighted by molar-refractivity contribution is 0.683. The van der Waals surface area contributed by atoms with Crippen LogP contribution in [0.25, 0.3) is 0 Å². The van der Waals surface area contributed by atoms with Crippen LogP contribution in [0.15, 0.2) is 24.3 Å². The van der Waals surface area contributed by atoms with E-state index in [1.165, 1.54) is 21.8 Å². The molecule has 0 aliphatic rings. The molecule has 1 heterocycles. The van der Waals surface area contributed by atoms with E-state index in [0.717, 1.165) is 11.4 Å². The van der Waals surface area contributed by atoms with Crippen LogP contribution in [0.2, 0.25) is 0 Å². The predicted octanol–water partition coefficient (Wildman–Crippen LogP) is 3.39. The maximum Gasteiger partial charge on any atom is 0.115 e. The molecule has 3 nitrogen and oxygen atoms in total. The van der Waals surface area contributed by atoms with Crippen LogP contribution in [0, 0.1) is 6.92 Å². The number of aromatic nitrogens is 1. The van der Waals surface area contributed by atoms with Crippen molar-refractivity contribution in [2.75, 3.05) is 26.0 Å². The number of benzene rings is 1. The second-order valence-corrected chi connectivity index (χ2v) is 6.35. The lowest BCUT2D eigenvalue weighted by Gasteiger charge is -2.17. The second kappa shape index (κ2) is 6.37. The molecule has 0 spiro atoms. The third-order valence-corrected chi connectivity index (χ3v) is 4.60. The normalized spacial score (nSPS) is 12.4. The molecule has 2 aromatic rings. The topological polar surface area (TPSA) is 28.2 Å². The Morgan fingerprint density at radius 1 is 1.25 bits per heavy atom. The highest BCUT2D eigenvalue weighted by Crippen LogP contribution is 2.29. The van der Waals surface area contributed by atoms with Gasteiger partial charge >= 0.3 is 0 Å². The highest BCUT2D eigenvalue weighted by atomic mass is 32.1. The fourth-order valence-corrected chi connectivity index (χ4v) is 3.45. The van der Waals surface area contributed by atoms with Gasteiger partial charge in [0.05, 0.1) is 11.7 Å². The summed E-state index contributed by atoms with van der Waals surface area (Å²) in [6, 6.07) is 8.84. The zero-order chi connectivity index (χ0) is 14.7. The van der Waals surface area contributed by atoms with E-state index in [2.05, 4.69) is 62.4 Å². The Hall–Kier alpha value is -1.39. The number of nitrogens with zero attached hydrogens (tertiary/aromatic N) is 2. The Balaban J connectivity index is 2.31. The maximum absolute atomic E-state index is 4.78. The van der Waals surface area contributed by atoms with Crippen LogP contribution in [-0.2, 0) is 6.42 Å². The van der Waals surface area contributed by atoms with Gasteiger partial charge in [-0.25, -0.2) is 4.98 Å². The van der Waals surface area contributed by atoms with Gasteiger partial charge in [-0.1, -0.05) is 19.1 Å². The quantitative estimate of drug-likeness (QED) is 0.914. The van der Waals surface area contributed by atoms with Crippen LogP contribution in [-0.4, -0.2) is 26.1 Å². The first kappa shape index (κ1) is 15.0. The van der Waals surface area contributed by atoms with E-state index >= 15 is 0 Å². The highest BCUT2D eigenvalue weighted by Gasteiger charge is 2.17. The monoisotopic (exact) mass is 289 g/mol. The summed E-state index contributed by atoms with van der Waals surface area (Å²) in [4.78, 5) is 8.22. The second-order valence-electron chi connectivity index (χ2n) is 5.12.